The van der Waals surface area contributed by atoms with Crippen LogP contribution in [0.2, 0.25) is 0 Å². The van der Waals surface area contributed by atoms with E-state index in [0.29, 0.717) is 25.7 Å². The molecular weight excluding hydrogens is 315 g/mol. The molecule has 0 saturated heterocycles. The molecule has 1 rings (SSSR count). The number of ether oxygens (including phenoxy) is 2. The maximum Gasteiger partial charge on any atom is 0.239 e. The van der Waals surface area contributed by atoms with Crippen LogP contribution in [0.4, 0.5) is 4.39 Å². The lowest BCUT2D eigenvalue weighted by atomic mass is 10.3. The highest BCUT2D eigenvalue weighted by molar-refractivity contribution is 5.86. The van der Waals surface area contributed by atoms with Crippen LogP contribution in [0.5, 0.6) is 5.75 Å². The Morgan fingerprint density at radius 3 is 2.71 bits per heavy atom. The molecule has 1 amide bonds. The molecule has 1 atom stereocenters. The number of aliphatic imine (C=N–C) groups is 1. The molecule has 0 fully saturated rings. The van der Waals surface area contributed by atoms with Gasteiger partial charge in [-0.25, -0.2) is 4.39 Å². The van der Waals surface area contributed by atoms with Gasteiger partial charge in [0, 0.05) is 20.7 Å². The van der Waals surface area contributed by atoms with E-state index in [-0.39, 0.29) is 24.3 Å². The number of para-hydroxylation sites is 1. The number of hydrogen-bond acceptors (Lipinski definition) is 4. The summed E-state index contributed by atoms with van der Waals surface area (Å²) in [5, 5.41) is 8.59. The molecule has 3 N–H and O–H groups in total. The van der Waals surface area contributed by atoms with Gasteiger partial charge in [-0.1, -0.05) is 12.1 Å². The number of guanidine groups is 1. The topological polar surface area (TPSA) is 84.0 Å². The van der Waals surface area contributed by atoms with Crippen LogP contribution in [-0.4, -0.2) is 58.4 Å². The number of methoxy groups -OCH3 is 1. The first-order valence-electron chi connectivity index (χ1n) is 7.68. The van der Waals surface area contributed by atoms with E-state index in [0.717, 1.165) is 0 Å². The van der Waals surface area contributed by atoms with Crippen LogP contribution in [0.15, 0.2) is 29.3 Å². The van der Waals surface area contributed by atoms with Gasteiger partial charge in [0.1, 0.15) is 6.10 Å². The van der Waals surface area contributed by atoms with Crippen LogP contribution in [-0.2, 0) is 9.53 Å². The molecule has 1 aromatic rings. The molecule has 0 radical (unpaired) electrons. The second-order valence-corrected chi connectivity index (χ2v) is 5.01. The first-order valence-corrected chi connectivity index (χ1v) is 7.68. The fourth-order valence-electron chi connectivity index (χ4n) is 1.78. The van der Waals surface area contributed by atoms with E-state index >= 15 is 0 Å². The van der Waals surface area contributed by atoms with Gasteiger partial charge in [-0.3, -0.25) is 9.79 Å². The zero-order chi connectivity index (χ0) is 17.8. The van der Waals surface area contributed by atoms with Crippen LogP contribution in [0.25, 0.3) is 0 Å². The Balaban J connectivity index is 2.30. The molecule has 0 aromatic heterocycles. The lowest BCUT2D eigenvalue weighted by molar-refractivity contribution is -0.120. The standard InChI is InChI=1S/C16H25FN4O3/c1-12(24-14-7-5-4-6-13(14)17)10-20-16(18-2)21-11-15(22)19-8-9-23-3/h4-7,12H,8-11H2,1-3H3,(H,19,22)(H2,18,20,21). The Morgan fingerprint density at radius 1 is 1.29 bits per heavy atom. The first-order chi connectivity index (χ1) is 11.6. The van der Waals surface area contributed by atoms with Crippen molar-refractivity contribution in [1.29, 1.82) is 0 Å². The van der Waals surface area contributed by atoms with Crippen molar-refractivity contribution in [3.05, 3.63) is 30.1 Å². The van der Waals surface area contributed by atoms with E-state index in [1.165, 1.54) is 6.07 Å². The van der Waals surface area contributed by atoms with Gasteiger partial charge in [0.25, 0.3) is 0 Å². The number of carbonyl (C=O) groups excluding carboxylic acids is 1. The Hall–Kier alpha value is -2.35. The number of halogens is 1. The second kappa shape index (κ2) is 11.2. The van der Waals surface area contributed by atoms with Gasteiger partial charge in [0.15, 0.2) is 17.5 Å². The maximum absolute atomic E-state index is 13.5. The van der Waals surface area contributed by atoms with Gasteiger partial charge in [0.05, 0.1) is 19.7 Å². The molecule has 0 aliphatic carbocycles. The summed E-state index contributed by atoms with van der Waals surface area (Å²) >= 11 is 0. The van der Waals surface area contributed by atoms with E-state index in [1.807, 2.05) is 6.92 Å². The lowest BCUT2D eigenvalue weighted by Crippen LogP contribution is -2.45. The van der Waals surface area contributed by atoms with Gasteiger partial charge in [0.2, 0.25) is 5.91 Å². The summed E-state index contributed by atoms with van der Waals surface area (Å²) in [7, 11) is 3.17. The predicted molar refractivity (Wildman–Crippen MR) is 90.7 cm³/mol. The Morgan fingerprint density at radius 2 is 2.04 bits per heavy atom. The predicted octanol–water partition coefficient (Wildman–Crippen LogP) is 0.521. The highest BCUT2D eigenvalue weighted by Crippen LogP contribution is 2.16. The zero-order valence-corrected chi connectivity index (χ0v) is 14.3. The summed E-state index contributed by atoms with van der Waals surface area (Å²) in [6.07, 6.45) is -0.282. The molecule has 0 heterocycles. The fourth-order valence-corrected chi connectivity index (χ4v) is 1.78. The van der Waals surface area contributed by atoms with Crippen molar-refractivity contribution in [3.63, 3.8) is 0 Å². The van der Waals surface area contributed by atoms with Crippen LogP contribution < -0.4 is 20.7 Å². The third kappa shape index (κ3) is 7.77. The minimum absolute atomic E-state index is 0.0892. The Bertz CT molecular complexity index is 540. The Kier molecular flexibility index (Phi) is 9.21. The van der Waals surface area contributed by atoms with E-state index in [4.69, 9.17) is 9.47 Å². The molecule has 134 valence electrons. The van der Waals surface area contributed by atoms with Crippen molar-refractivity contribution in [2.24, 2.45) is 4.99 Å². The number of nitrogens with one attached hydrogen (secondary N) is 3. The van der Waals surface area contributed by atoms with Gasteiger partial charge < -0.3 is 25.4 Å². The molecule has 1 unspecified atom stereocenters. The number of hydrogen-bond donors (Lipinski definition) is 3. The normalized spacial score (nSPS) is 12.4. The largest absolute Gasteiger partial charge is 0.486 e. The highest BCUT2D eigenvalue weighted by atomic mass is 19.1. The van der Waals surface area contributed by atoms with E-state index in [9.17, 15) is 9.18 Å². The van der Waals surface area contributed by atoms with Crippen molar-refractivity contribution >= 4 is 11.9 Å². The maximum atomic E-state index is 13.5. The van der Waals surface area contributed by atoms with E-state index in [2.05, 4.69) is 20.9 Å². The molecule has 1 aromatic carbocycles. The average Bonchev–Trinajstić information content (AvgIpc) is 2.57. The SMILES string of the molecule is CN=C(NCC(=O)NCCOC)NCC(C)Oc1ccccc1F. The lowest BCUT2D eigenvalue weighted by Gasteiger charge is -2.18. The quantitative estimate of drug-likeness (QED) is 0.347. The summed E-state index contributed by atoms with van der Waals surface area (Å²) in [5.41, 5.74) is 0. The third-order valence-corrected chi connectivity index (χ3v) is 2.99. The number of carbonyl (C=O) groups is 1. The van der Waals surface area contributed by atoms with E-state index < -0.39 is 5.82 Å². The molecular formula is C16H25FN4O3. The average molecular weight is 340 g/mol. The minimum atomic E-state index is -0.403. The smallest absolute Gasteiger partial charge is 0.239 e. The second-order valence-electron chi connectivity index (χ2n) is 5.01. The van der Waals surface area contributed by atoms with Gasteiger partial charge in [-0.15, -0.1) is 0 Å². The third-order valence-electron chi connectivity index (χ3n) is 2.99. The van der Waals surface area contributed by atoms with Crippen LogP contribution in [0.1, 0.15) is 6.92 Å². The van der Waals surface area contributed by atoms with Gasteiger partial charge in [-0.05, 0) is 19.1 Å². The molecule has 0 bridgehead atoms. The van der Waals surface area contributed by atoms with E-state index in [1.54, 1.807) is 32.4 Å². The highest BCUT2D eigenvalue weighted by Gasteiger charge is 2.09. The summed E-state index contributed by atoms with van der Waals surface area (Å²) in [6, 6.07) is 6.23. The van der Waals surface area contributed by atoms with Crippen molar-refractivity contribution in [1.82, 2.24) is 16.0 Å². The summed E-state index contributed by atoms with van der Waals surface area (Å²) in [4.78, 5) is 15.6. The number of amides is 1. The van der Waals surface area contributed by atoms with Crippen LogP contribution in [0, 0.1) is 5.82 Å². The van der Waals surface area contributed by atoms with Gasteiger partial charge in [-0.2, -0.15) is 0 Å². The van der Waals surface area contributed by atoms with Crippen molar-refractivity contribution in [2.75, 3.05) is 40.4 Å². The van der Waals surface area contributed by atoms with Crippen molar-refractivity contribution in [3.8, 4) is 5.75 Å². The minimum Gasteiger partial charge on any atom is -0.486 e. The molecule has 0 aliphatic heterocycles. The van der Waals surface area contributed by atoms with Crippen molar-refractivity contribution in [2.45, 2.75) is 13.0 Å². The molecule has 0 aliphatic rings. The van der Waals surface area contributed by atoms with Crippen LogP contribution in [0.3, 0.4) is 0 Å². The summed E-state index contributed by atoms with van der Waals surface area (Å²) in [5.74, 6) is 0.0957. The summed E-state index contributed by atoms with van der Waals surface area (Å²) in [6.45, 7) is 3.22. The first kappa shape index (κ1) is 19.7. The Labute approximate surface area is 141 Å². The fraction of sp³-hybridized carbons (Fsp3) is 0.500. The molecule has 0 spiro atoms. The monoisotopic (exact) mass is 340 g/mol. The zero-order valence-electron chi connectivity index (χ0n) is 14.3. The molecule has 24 heavy (non-hydrogen) atoms. The summed E-state index contributed by atoms with van der Waals surface area (Å²) < 4.78 is 23.9. The van der Waals surface area contributed by atoms with Crippen molar-refractivity contribution < 1.29 is 18.7 Å². The van der Waals surface area contributed by atoms with Crippen LogP contribution >= 0.6 is 0 Å². The molecule has 7 nitrogen and oxygen atoms in total. The molecule has 8 heteroatoms. The molecule has 0 saturated carbocycles. The number of rotatable bonds is 9. The number of nitrogens with zero attached hydrogens (tertiary/aromatic N) is 1. The number of benzene rings is 1. The van der Waals surface area contributed by atoms with Gasteiger partial charge >= 0.3 is 0 Å².